The molecule has 4 unspecified atom stereocenters. The van der Waals surface area contributed by atoms with E-state index in [1.807, 2.05) is 34.6 Å². The maximum absolute atomic E-state index is 14.0. The first-order chi connectivity index (χ1) is 25.0. The molecule has 0 amide bonds. The molecule has 11 nitrogen and oxygen atoms in total. The molecule has 4 atom stereocenters. The molecular formula is C42H49BrO11. The van der Waals surface area contributed by atoms with Crippen molar-refractivity contribution in [2.75, 3.05) is 7.11 Å². The van der Waals surface area contributed by atoms with E-state index in [0.29, 0.717) is 55.9 Å². The highest BCUT2D eigenvalue weighted by atomic mass is 79.9. The lowest BCUT2D eigenvalue weighted by Gasteiger charge is -2.41. The Morgan fingerprint density at radius 2 is 1.52 bits per heavy atom. The summed E-state index contributed by atoms with van der Waals surface area (Å²) in [5, 5.41) is 21.3. The van der Waals surface area contributed by atoms with Crippen molar-refractivity contribution in [2.24, 2.45) is 23.2 Å². The number of carboxylic acids is 1. The van der Waals surface area contributed by atoms with Crippen LogP contribution in [0.15, 0.2) is 74.5 Å². The molecule has 0 fully saturated rings. The highest BCUT2D eigenvalue weighted by molar-refractivity contribution is 9.09. The van der Waals surface area contributed by atoms with Crippen molar-refractivity contribution in [3.05, 3.63) is 96.8 Å². The van der Waals surface area contributed by atoms with Gasteiger partial charge in [0.15, 0.2) is 5.78 Å². The van der Waals surface area contributed by atoms with E-state index >= 15 is 0 Å². The normalized spacial score (nSPS) is 23.0. The van der Waals surface area contributed by atoms with Crippen LogP contribution in [-0.2, 0) is 33.4 Å². The van der Waals surface area contributed by atoms with Gasteiger partial charge in [0.05, 0.1) is 12.7 Å². The second kappa shape index (κ2) is 15.6. The number of aryl methyl sites for hydroxylation is 1. The van der Waals surface area contributed by atoms with Crippen molar-refractivity contribution in [2.45, 2.75) is 94.0 Å². The molecule has 0 radical (unpaired) electrons. The maximum Gasteiger partial charge on any atom is 0.347 e. The van der Waals surface area contributed by atoms with Crippen LogP contribution in [0.4, 0.5) is 0 Å². The first-order valence-corrected chi connectivity index (χ1v) is 18.6. The predicted octanol–water partition coefficient (Wildman–Crippen LogP) is 8.17. The molecule has 0 saturated carbocycles. The summed E-state index contributed by atoms with van der Waals surface area (Å²) in [6.45, 7) is 21.2. The molecule has 290 valence electrons. The Morgan fingerprint density at radius 1 is 0.907 bits per heavy atom. The standard InChI is InChI=1S/C42H49BrO11/c1-17(2)29-24(9)32(38(46)47)25(10)42(11,12)37(29)54-39(48)30-19(4)15-27(20(5)21(30)6)52-41(50)33-22(7)23(8)36(34(43)35(33)45)53-40(49)31-18(3)14-26(44)16-28(31)51-13/h14-17,25,31,34,36,45H,1-13H3,(H,46,47). The molecule has 0 spiro atoms. The number of benzene rings is 1. The van der Waals surface area contributed by atoms with E-state index in [1.165, 1.54) is 19.3 Å². The summed E-state index contributed by atoms with van der Waals surface area (Å²) in [7, 11) is 1.36. The Bertz CT molecular complexity index is 2050. The molecule has 3 aliphatic carbocycles. The Morgan fingerprint density at radius 3 is 2.07 bits per heavy atom. The number of aliphatic hydroxyl groups excluding tert-OH is 1. The Labute approximate surface area is 324 Å². The number of halogens is 1. The van der Waals surface area contributed by atoms with Crippen LogP contribution in [-0.4, -0.2) is 57.9 Å². The lowest BCUT2D eigenvalue weighted by Crippen LogP contribution is -2.38. The fourth-order valence-electron chi connectivity index (χ4n) is 7.51. The van der Waals surface area contributed by atoms with E-state index < -0.39 is 57.8 Å². The fraction of sp³-hybridized carbons (Fsp3) is 0.452. The van der Waals surface area contributed by atoms with Crippen molar-refractivity contribution in [1.29, 1.82) is 0 Å². The second-order valence-corrected chi connectivity index (χ2v) is 16.1. The van der Waals surface area contributed by atoms with Crippen molar-refractivity contribution in [3.8, 4) is 5.75 Å². The van der Waals surface area contributed by atoms with E-state index in [4.69, 9.17) is 18.9 Å². The minimum atomic E-state index is -1.00. The van der Waals surface area contributed by atoms with Gasteiger partial charge in [0, 0.05) is 23.0 Å². The zero-order valence-corrected chi connectivity index (χ0v) is 34.7. The number of rotatable bonds is 9. The number of hydrogen-bond donors (Lipinski definition) is 2. The highest BCUT2D eigenvalue weighted by Crippen LogP contribution is 2.50. The number of carbonyl (C=O) groups excluding carboxylic acids is 4. The number of carboxylic acid groups (broad SMARTS) is 1. The number of esters is 3. The van der Waals surface area contributed by atoms with Crippen LogP contribution in [0.25, 0.3) is 0 Å². The zero-order chi connectivity index (χ0) is 40.9. The average molecular weight is 810 g/mol. The molecule has 0 aromatic heterocycles. The third-order valence-electron chi connectivity index (χ3n) is 11.1. The number of allylic oxidation sites excluding steroid dienone is 5. The summed E-state index contributed by atoms with van der Waals surface area (Å²) in [6, 6.07) is 1.56. The molecule has 3 aliphatic rings. The number of ether oxygens (including phenoxy) is 4. The molecule has 4 rings (SSSR count). The first kappa shape index (κ1) is 42.0. The number of aliphatic hydroxyl groups is 1. The molecule has 0 bridgehead atoms. The van der Waals surface area contributed by atoms with Crippen LogP contribution in [0.2, 0.25) is 0 Å². The van der Waals surface area contributed by atoms with Crippen molar-refractivity contribution >= 4 is 45.6 Å². The number of carbonyl (C=O) groups is 5. The van der Waals surface area contributed by atoms with Gasteiger partial charge in [-0.1, -0.05) is 50.5 Å². The maximum atomic E-state index is 14.0. The van der Waals surface area contributed by atoms with Gasteiger partial charge in [-0.15, -0.1) is 0 Å². The number of methoxy groups -OCH3 is 1. The molecule has 1 aromatic rings. The summed E-state index contributed by atoms with van der Waals surface area (Å²) in [5.41, 5.74) is 3.69. The van der Waals surface area contributed by atoms with E-state index in [-0.39, 0.29) is 34.3 Å². The van der Waals surface area contributed by atoms with E-state index in [9.17, 15) is 34.2 Å². The number of hydrogen-bond acceptors (Lipinski definition) is 10. The lowest BCUT2D eigenvalue weighted by molar-refractivity contribution is -0.150. The van der Waals surface area contributed by atoms with Gasteiger partial charge in [-0.3, -0.25) is 9.59 Å². The Hall–Kier alpha value is -4.71. The second-order valence-electron chi connectivity index (χ2n) is 15.1. The van der Waals surface area contributed by atoms with E-state index in [0.717, 1.165) is 0 Å². The quantitative estimate of drug-likeness (QED) is 0.141. The third-order valence-corrected chi connectivity index (χ3v) is 12.0. The van der Waals surface area contributed by atoms with Gasteiger partial charge in [0.25, 0.3) is 0 Å². The molecule has 0 heterocycles. The lowest BCUT2D eigenvalue weighted by atomic mass is 9.65. The fourth-order valence-corrected chi connectivity index (χ4v) is 8.24. The van der Waals surface area contributed by atoms with Crippen LogP contribution in [0.5, 0.6) is 5.75 Å². The van der Waals surface area contributed by atoms with Crippen molar-refractivity contribution < 1.29 is 53.1 Å². The summed E-state index contributed by atoms with van der Waals surface area (Å²) in [5.74, 6) is -4.66. The number of aliphatic carboxylic acids is 1. The molecule has 0 saturated heterocycles. The largest absolute Gasteiger partial charge is 0.510 e. The summed E-state index contributed by atoms with van der Waals surface area (Å²) >= 11 is 3.41. The van der Waals surface area contributed by atoms with Crippen LogP contribution < -0.4 is 4.74 Å². The summed E-state index contributed by atoms with van der Waals surface area (Å²) in [4.78, 5) is 64.3. The molecule has 12 heteroatoms. The first-order valence-electron chi connectivity index (χ1n) is 17.7. The van der Waals surface area contributed by atoms with Gasteiger partial charge in [-0.05, 0) is 111 Å². The molecule has 2 N–H and O–H groups in total. The minimum Gasteiger partial charge on any atom is -0.510 e. The van der Waals surface area contributed by atoms with Gasteiger partial charge in [0.2, 0.25) is 0 Å². The Kier molecular flexibility index (Phi) is 12.1. The van der Waals surface area contributed by atoms with Gasteiger partial charge in [0.1, 0.15) is 45.4 Å². The van der Waals surface area contributed by atoms with Gasteiger partial charge < -0.3 is 29.2 Å². The van der Waals surface area contributed by atoms with Crippen LogP contribution >= 0.6 is 15.9 Å². The van der Waals surface area contributed by atoms with E-state index in [1.54, 1.807) is 54.5 Å². The average Bonchev–Trinajstić information content (AvgIpc) is 3.06. The predicted molar refractivity (Wildman–Crippen MR) is 205 cm³/mol. The van der Waals surface area contributed by atoms with Gasteiger partial charge in [-0.2, -0.15) is 0 Å². The van der Waals surface area contributed by atoms with E-state index in [2.05, 4.69) is 15.9 Å². The SMILES string of the molecule is COC1=CC(=O)C=C(C)C1C(=O)OC1C(C)=C(C)C(C(=O)Oc2cc(C)c(C(=O)OC3=C(C(C)C)C(C)=C(C(=O)O)C(C)C3(C)C)c(C)c2C)=C(O)C1Br. The molecule has 54 heavy (non-hydrogen) atoms. The van der Waals surface area contributed by atoms with Crippen LogP contribution in [0.3, 0.4) is 0 Å². The monoisotopic (exact) mass is 808 g/mol. The third kappa shape index (κ3) is 7.37. The summed E-state index contributed by atoms with van der Waals surface area (Å²) in [6.07, 6.45) is 1.56. The number of alkyl halides is 1. The molecule has 1 aromatic carbocycles. The van der Waals surface area contributed by atoms with Crippen LogP contribution in [0.1, 0.15) is 89.4 Å². The highest BCUT2D eigenvalue weighted by Gasteiger charge is 2.45. The van der Waals surface area contributed by atoms with Crippen molar-refractivity contribution in [1.82, 2.24) is 0 Å². The Balaban J connectivity index is 1.63. The van der Waals surface area contributed by atoms with Crippen molar-refractivity contribution in [3.63, 3.8) is 0 Å². The topological polar surface area (TPSA) is 163 Å². The van der Waals surface area contributed by atoms with Gasteiger partial charge in [-0.25, -0.2) is 14.4 Å². The molecule has 0 aliphatic heterocycles. The van der Waals surface area contributed by atoms with Crippen LogP contribution in [0, 0.1) is 43.9 Å². The minimum absolute atomic E-state index is 0.109. The smallest absolute Gasteiger partial charge is 0.347 e. The summed E-state index contributed by atoms with van der Waals surface area (Å²) < 4.78 is 23.2. The van der Waals surface area contributed by atoms with Gasteiger partial charge >= 0.3 is 23.9 Å². The number of ketones is 1. The zero-order valence-electron chi connectivity index (χ0n) is 33.1. The molecular weight excluding hydrogens is 760 g/mol.